The Balaban J connectivity index is 2.46. The number of nitrogens with one attached hydrogen (secondary N) is 1. The van der Waals surface area contributed by atoms with Crippen LogP contribution in [-0.2, 0) is 0 Å². The highest BCUT2D eigenvalue weighted by molar-refractivity contribution is 5.84. The van der Waals surface area contributed by atoms with Crippen LogP contribution in [0.15, 0.2) is 36.7 Å². The van der Waals surface area contributed by atoms with Gasteiger partial charge in [0.15, 0.2) is 5.69 Å². The van der Waals surface area contributed by atoms with Crippen molar-refractivity contribution >= 4 is 11.8 Å². The second-order valence-electron chi connectivity index (χ2n) is 2.93. The molecule has 0 saturated heterocycles. The average Bonchev–Trinajstić information content (AvgIpc) is 2.29. The third kappa shape index (κ3) is 3.91. The fourth-order valence-corrected chi connectivity index (χ4v) is 0.951. The van der Waals surface area contributed by atoms with Gasteiger partial charge in [-0.25, -0.2) is 14.8 Å². The standard InChI is InChI=1S/C11H13N3O2/c1-2-3-4-5-6-12-10-8-13-9(7-14-10)11(15)16/h2-5,7-8H,6H2,1H3,(H,12,14)(H,15,16)/b3-2+,5-4+. The molecular weight excluding hydrogens is 206 g/mol. The molecule has 0 aromatic carbocycles. The summed E-state index contributed by atoms with van der Waals surface area (Å²) in [6.45, 7) is 2.55. The minimum atomic E-state index is -1.08. The number of anilines is 1. The van der Waals surface area contributed by atoms with Crippen LogP contribution in [0.2, 0.25) is 0 Å². The summed E-state index contributed by atoms with van der Waals surface area (Å²) in [5.41, 5.74) is -0.0602. The Hall–Kier alpha value is -2.17. The Morgan fingerprint density at radius 2 is 2.25 bits per heavy atom. The van der Waals surface area contributed by atoms with Crippen LogP contribution in [0.25, 0.3) is 0 Å². The number of allylic oxidation sites excluding steroid dienone is 3. The maximum atomic E-state index is 10.5. The lowest BCUT2D eigenvalue weighted by Gasteiger charge is -2.00. The van der Waals surface area contributed by atoms with Crippen LogP contribution < -0.4 is 5.32 Å². The second-order valence-corrected chi connectivity index (χ2v) is 2.93. The van der Waals surface area contributed by atoms with Crippen LogP contribution in [-0.4, -0.2) is 27.6 Å². The first-order valence-electron chi connectivity index (χ1n) is 4.81. The van der Waals surface area contributed by atoms with Crippen molar-refractivity contribution in [3.05, 3.63) is 42.4 Å². The Labute approximate surface area is 93.6 Å². The van der Waals surface area contributed by atoms with Gasteiger partial charge in [0, 0.05) is 6.54 Å². The topological polar surface area (TPSA) is 75.1 Å². The van der Waals surface area contributed by atoms with Crippen LogP contribution in [0.5, 0.6) is 0 Å². The van der Waals surface area contributed by atoms with Gasteiger partial charge < -0.3 is 10.4 Å². The molecule has 1 heterocycles. The third-order valence-electron chi connectivity index (χ3n) is 1.71. The number of hydrogen-bond acceptors (Lipinski definition) is 4. The maximum absolute atomic E-state index is 10.5. The highest BCUT2D eigenvalue weighted by Gasteiger charge is 2.03. The molecule has 1 rings (SSSR count). The fraction of sp³-hybridized carbons (Fsp3) is 0.182. The molecule has 0 radical (unpaired) electrons. The summed E-state index contributed by atoms with van der Waals surface area (Å²) in [7, 11) is 0. The number of aromatic carboxylic acids is 1. The molecule has 2 N–H and O–H groups in total. The molecular formula is C11H13N3O2. The first-order valence-corrected chi connectivity index (χ1v) is 4.81. The van der Waals surface area contributed by atoms with Crippen molar-refractivity contribution in [1.82, 2.24) is 9.97 Å². The van der Waals surface area contributed by atoms with Gasteiger partial charge in [-0.15, -0.1) is 0 Å². The van der Waals surface area contributed by atoms with Crippen molar-refractivity contribution < 1.29 is 9.90 Å². The predicted octanol–water partition coefficient (Wildman–Crippen LogP) is 1.72. The van der Waals surface area contributed by atoms with Crippen molar-refractivity contribution in [3.63, 3.8) is 0 Å². The highest BCUT2D eigenvalue weighted by atomic mass is 16.4. The van der Waals surface area contributed by atoms with Crippen LogP contribution in [0.3, 0.4) is 0 Å². The fourth-order valence-electron chi connectivity index (χ4n) is 0.951. The van der Waals surface area contributed by atoms with Crippen molar-refractivity contribution in [1.29, 1.82) is 0 Å². The lowest BCUT2D eigenvalue weighted by Crippen LogP contribution is -2.05. The van der Waals surface area contributed by atoms with Gasteiger partial charge in [-0.1, -0.05) is 24.3 Å². The smallest absolute Gasteiger partial charge is 0.356 e. The Morgan fingerprint density at radius 1 is 1.44 bits per heavy atom. The minimum Gasteiger partial charge on any atom is -0.476 e. The molecule has 0 bridgehead atoms. The molecule has 0 amide bonds. The van der Waals surface area contributed by atoms with Crippen LogP contribution in [0.1, 0.15) is 17.4 Å². The Morgan fingerprint density at radius 3 is 2.81 bits per heavy atom. The van der Waals surface area contributed by atoms with E-state index in [0.717, 1.165) is 0 Å². The van der Waals surface area contributed by atoms with E-state index in [0.29, 0.717) is 12.4 Å². The van der Waals surface area contributed by atoms with E-state index in [-0.39, 0.29) is 5.69 Å². The number of nitrogens with zero attached hydrogens (tertiary/aromatic N) is 2. The molecule has 0 fully saturated rings. The SMILES string of the molecule is C/C=C/C=C/CNc1cnc(C(=O)O)cn1. The van der Waals surface area contributed by atoms with E-state index >= 15 is 0 Å². The van der Waals surface area contributed by atoms with Crippen LogP contribution in [0.4, 0.5) is 5.82 Å². The average molecular weight is 219 g/mol. The molecule has 5 heteroatoms. The summed E-state index contributed by atoms with van der Waals surface area (Å²) in [6, 6.07) is 0. The van der Waals surface area contributed by atoms with Gasteiger partial charge in [-0.2, -0.15) is 0 Å². The second kappa shape index (κ2) is 6.34. The summed E-state index contributed by atoms with van der Waals surface area (Å²) in [5, 5.41) is 11.6. The van der Waals surface area contributed by atoms with Gasteiger partial charge in [-0.3, -0.25) is 0 Å². The molecule has 0 saturated carbocycles. The normalized spacial score (nSPS) is 11.1. The molecule has 5 nitrogen and oxygen atoms in total. The zero-order valence-electron chi connectivity index (χ0n) is 8.92. The first kappa shape index (κ1) is 11.9. The molecule has 1 aromatic rings. The van der Waals surface area contributed by atoms with E-state index in [4.69, 9.17) is 5.11 Å². The summed E-state index contributed by atoms with van der Waals surface area (Å²) < 4.78 is 0. The summed E-state index contributed by atoms with van der Waals surface area (Å²) >= 11 is 0. The quantitative estimate of drug-likeness (QED) is 0.737. The first-order chi connectivity index (χ1) is 7.74. The lowest BCUT2D eigenvalue weighted by atomic mass is 10.4. The van der Waals surface area contributed by atoms with E-state index in [2.05, 4.69) is 15.3 Å². The minimum absolute atomic E-state index is 0.0602. The number of carboxylic acids is 1. The van der Waals surface area contributed by atoms with Gasteiger partial charge >= 0.3 is 5.97 Å². The van der Waals surface area contributed by atoms with Gasteiger partial charge in [0.1, 0.15) is 5.82 Å². The molecule has 0 unspecified atom stereocenters. The summed E-state index contributed by atoms with van der Waals surface area (Å²) in [5.74, 6) is -0.526. The summed E-state index contributed by atoms with van der Waals surface area (Å²) in [4.78, 5) is 18.1. The largest absolute Gasteiger partial charge is 0.476 e. The zero-order valence-corrected chi connectivity index (χ0v) is 8.92. The highest BCUT2D eigenvalue weighted by Crippen LogP contribution is 2.00. The van der Waals surface area contributed by atoms with Crippen molar-refractivity contribution in [2.45, 2.75) is 6.92 Å². The molecule has 1 aromatic heterocycles. The van der Waals surface area contributed by atoms with Crippen LogP contribution in [0, 0.1) is 0 Å². The maximum Gasteiger partial charge on any atom is 0.356 e. The number of carboxylic acid groups (broad SMARTS) is 1. The van der Waals surface area contributed by atoms with Gasteiger partial charge in [0.25, 0.3) is 0 Å². The lowest BCUT2D eigenvalue weighted by molar-refractivity contribution is 0.0690. The van der Waals surface area contributed by atoms with E-state index in [1.165, 1.54) is 12.4 Å². The van der Waals surface area contributed by atoms with E-state index in [1.54, 1.807) is 0 Å². The van der Waals surface area contributed by atoms with E-state index in [9.17, 15) is 4.79 Å². The molecule has 0 aliphatic rings. The van der Waals surface area contributed by atoms with Gasteiger partial charge in [0.2, 0.25) is 0 Å². The third-order valence-corrected chi connectivity index (χ3v) is 1.71. The van der Waals surface area contributed by atoms with Crippen LogP contribution >= 0.6 is 0 Å². The predicted molar refractivity (Wildman–Crippen MR) is 61.4 cm³/mol. The van der Waals surface area contributed by atoms with Crippen molar-refractivity contribution in [2.24, 2.45) is 0 Å². The monoisotopic (exact) mass is 219 g/mol. The Bertz CT molecular complexity index is 396. The molecule has 0 aliphatic heterocycles. The van der Waals surface area contributed by atoms with Gasteiger partial charge in [-0.05, 0) is 6.92 Å². The molecule has 16 heavy (non-hydrogen) atoms. The van der Waals surface area contributed by atoms with Crippen molar-refractivity contribution in [2.75, 3.05) is 11.9 Å². The Kier molecular flexibility index (Phi) is 4.72. The number of rotatable bonds is 5. The molecule has 84 valence electrons. The van der Waals surface area contributed by atoms with Gasteiger partial charge in [0.05, 0.1) is 12.4 Å². The molecule has 0 atom stereocenters. The summed E-state index contributed by atoms with van der Waals surface area (Å²) in [6.07, 6.45) is 10.3. The zero-order chi connectivity index (χ0) is 11.8. The van der Waals surface area contributed by atoms with E-state index < -0.39 is 5.97 Å². The number of aromatic nitrogens is 2. The molecule has 0 spiro atoms. The number of carbonyl (C=O) groups is 1. The number of hydrogen-bond donors (Lipinski definition) is 2. The molecule has 0 aliphatic carbocycles. The van der Waals surface area contributed by atoms with Crippen molar-refractivity contribution in [3.8, 4) is 0 Å². The van der Waals surface area contributed by atoms with E-state index in [1.807, 2.05) is 31.2 Å².